The maximum atomic E-state index is 3.36. The molecule has 1 fully saturated rings. The summed E-state index contributed by atoms with van der Waals surface area (Å²) in [5.41, 5.74) is 0. The van der Waals surface area contributed by atoms with Gasteiger partial charge in [0.25, 0.3) is 0 Å². The zero-order valence-corrected chi connectivity index (χ0v) is 10.9. The summed E-state index contributed by atoms with van der Waals surface area (Å²) in [5.74, 6) is 0.983. The van der Waals surface area contributed by atoms with E-state index in [0.29, 0.717) is 0 Å². The molecule has 0 bridgehead atoms. The predicted octanol–water partition coefficient (Wildman–Crippen LogP) is 3.87. The molecule has 2 atom stereocenters. The lowest BCUT2D eigenvalue weighted by Crippen LogP contribution is -2.43. The van der Waals surface area contributed by atoms with E-state index in [0.717, 1.165) is 18.0 Å². The van der Waals surface area contributed by atoms with Crippen LogP contribution in [0.4, 0.5) is 0 Å². The van der Waals surface area contributed by atoms with E-state index in [-0.39, 0.29) is 0 Å². The van der Waals surface area contributed by atoms with Crippen LogP contribution in [0.25, 0.3) is 0 Å². The highest BCUT2D eigenvalue weighted by molar-refractivity contribution is 4.88. The first-order valence-corrected chi connectivity index (χ1v) is 6.02. The summed E-state index contributed by atoms with van der Waals surface area (Å²) in [4.78, 5) is 2.51. The third-order valence-corrected chi connectivity index (χ3v) is 3.48. The molecule has 0 N–H and O–H groups in total. The molecule has 1 nitrogen and oxygen atoms in total. The lowest BCUT2D eigenvalue weighted by molar-refractivity contribution is 0.0964. The average molecular weight is 209 g/mol. The zero-order chi connectivity index (χ0) is 11.8. The summed E-state index contributed by atoms with van der Waals surface area (Å²) in [6, 6.07) is 1.59. The molecule has 0 aliphatic carbocycles. The SMILES string of the molecule is C=CC=C.CCC1CC(C)N(C)C(C)C1. The van der Waals surface area contributed by atoms with Crippen LogP contribution in [0, 0.1) is 5.92 Å². The van der Waals surface area contributed by atoms with E-state index in [1.54, 1.807) is 12.2 Å². The van der Waals surface area contributed by atoms with Crippen LogP contribution in [0.5, 0.6) is 0 Å². The highest BCUT2D eigenvalue weighted by Crippen LogP contribution is 2.27. The average Bonchev–Trinajstić information content (AvgIpc) is 2.25. The highest BCUT2D eigenvalue weighted by Gasteiger charge is 2.26. The first-order valence-electron chi connectivity index (χ1n) is 6.02. The van der Waals surface area contributed by atoms with Gasteiger partial charge in [0.05, 0.1) is 0 Å². The van der Waals surface area contributed by atoms with Crippen LogP contribution in [0.3, 0.4) is 0 Å². The van der Waals surface area contributed by atoms with Gasteiger partial charge in [-0.3, -0.25) is 0 Å². The van der Waals surface area contributed by atoms with E-state index >= 15 is 0 Å². The first-order chi connectivity index (χ1) is 7.06. The van der Waals surface area contributed by atoms with Crippen molar-refractivity contribution in [1.82, 2.24) is 4.90 Å². The quantitative estimate of drug-likeness (QED) is 0.624. The summed E-state index contributed by atoms with van der Waals surface area (Å²) >= 11 is 0. The van der Waals surface area contributed by atoms with Crippen molar-refractivity contribution in [3.63, 3.8) is 0 Å². The Morgan fingerprint density at radius 3 is 1.80 bits per heavy atom. The van der Waals surface area contributed by atoms with Crippen LogP contribution >= 0.6 is 0 Å². The van der Waals surface area contributed by atoms with Gasteiger partial charge in [0.15, 0.2) is 0 Å². The molecule has 1 aliphatic heterocycles. The molecule has 1 rings (SSSR count). The minimum Gasteiger partial charge on any atom is -0.301 e. The van der Waals surface area contributed by atoms with Gasteiger partial charge in [-0.25, -0.2) is 0 Å². The lowest BCUT2D eigenvalue weighted by Gasteiger charge is -2.40. The molecule has 1 heterocycles. The summed E-state index contributed by atoms with van der Waals surface area (Å²) in [5, 5.41) is 0. The van der Waals surface area contributed by atoms with Crippen LogP contribution in [0.2, 0.25) is 0 Å². The van der Waals surface area contributed by atoms with E-state index in [1.165, 1.54) is 19.3 Å². The molecule has 1 saturated heterocycles. The summed E-state index contributed by atoms with van der Waals surface area (Å²) in [7, 11) is 2.25. The van der Waals surface area contributed by atoms with Gasteiger partial charge in [0, 0.05) is 12.1 Å². The van der Waals surface area contributed by atoms with Gasteiger partial charge in [-0.1, -0.05) is 38.7 Å². The molecule has 0 radical (unpaired) electrons. The minimum atomic E-state index is 0.795. The molecule has 0 amide bonds. The fourth-order valence-corrected chi connectivity index (χ4v) is 2.16. The van der Waals surface area contributed by atoms with Crippen molar-refractivity contribution in [3.8, 4) is 0 Å². The molecular formula is C14H27N. The zero-order valence-electron chi connectivity index (χ0n) is 10.9. The van der Waals surface area contributed by atoms with Gasteiger partial charge in [0.2, 0.25) is 0 Å². The highest BCUT2D eigenvalue weighted by atomic mass is 15.2. The van der Waals surface area contributed by atoms with E-state index < -0.39 is 0 Å². The number of nitrogens with zero attached hydrogens (tertiary/aromatic N) is 1. The Bertz CT molecular complexity index is 168. The third kappa shape index (κ3) is 5.17. The van der Waals surface area contributed by atoms with Crippen LogP contribution in [-0.2, 0) is 0 Å². The second kappa shape index (κ2) is 7.70. The van der Waals surface area contributed by atoms with Crippen molar-refractivity contribution in [1.29, 1.82) is 0 Å². The third-order valence-electron chi connectivity index (χ3n) is 3.48. The molecular weight excluding hydrogens is 182 g/mol. The van der Waals surface area contributed by atoms with Gasteiger partial charge < -0.3 is 4.90 Å². The summed E-state index contributed by atoms with van der Waals surface area (Å²) < 4.78 is 0. The second-order valence-corrected chi connectivity index (χ2v) is 4.58. The second-order valence-electron chi connectivity index (χ2n) is 4.58. The Hall–Kier alpha value is -0.560. The van der Waals surface area contributed by atoms with Gasteiger partial charge in [-0.15, -0.1) is 0 Å². The van der Waals surface area contributed by atoms with Gasteiger partial charge >= 0.3 is 0 Å². The van der Waals surface area contributed by atoms with Gasteiger partial charge in [0.1, 0.15) is 0 Å². The first kappa shape index (κ1) is 14.4. The Labute approximate surface area is 95.9 Å². The molecule has 0 aromatic rings. The van der Waals surface area contributed by atoms with E-state index in [1.807, 2.05) is 0 Å². The molecule has 2 unspecified atom stereocenters. The fraction of sp³-hybridized carbons (Fsp3) is 0.714. The predicted molar refractivity (Wildman–Crippen MR) is 70.1 cm³/mol. The number of likely N-dealkylation sites (tertiary alicyclic amines) is 1. The van der Waals surface area contributed by atoms with Gasteiger partial charge in [-0.05, 0) is 39.7 Å². The molecule has 0 aromatic heterocycles. The molecule has 1 aliphatic rings. The topological polar surface area (TPSA) is 3.24 Å². The van der Waals surface area contributed by atoms with E-state index in [4.69, 9.17) is 0 Å². The van der Waals surface area contributed by atoms with Crippen molar-refractivity contribution in [2.45, 2.75) is 52.1 Å². The molecule has 1 heteroatoms. The standard InChI is InChI=1S/C10H21N.C4H6/c1-5-10-6-8(2)11(4)9(3)7-10;1-3-4-2/h8-10H,5-7H2,1-4H3;3-4H,1-2H2. The lowest BCUT2D eigenvalue weighted by atomic mass is 9.86. The molecule has 0 spiro atoms. The van der Waals surface area contributed by atoms with E-state index in [2.05, 4.69) is 45.9 Å². The molecule has 88 valence electrons. The van der Waals surface area contributed by atoms with Crippen molar-refractivity contribution in [3.05, 3.63) is 25.3 Å². The van der Waals surface area contributed by atoms with Gasteiger partial charge in [-0.2, -0.15) is 0 Å². The number of hydrogen-bond acceptors (Lipinski definition) is 1. The number of hydrogen-bond donors (Lipinski definition) is 0. The number of allylic oxidation sites excluding steroid dienone is 2. The smallest absolute Gasteiger partial charge is 0.00693 e. The number of rotatable bonds is 2. The normalized spacial score (nSPS) is 31.3. The molecule has 0 aromatic carbocycles. The Morgan fingerprint density at radius 1 is 1.13 bits per heavy atom. The van der Waals surface area contributed by atoms with Crippen molar-refractivity contribution in [2.75, 3.05) is 7.05 Å². The summed E-state index contributed by atoms with van der Waals surface area (Å²) in [6.45, 7) is 13.7. The minimum absolute atomic E-state index is 0.795. The van der Waals surface area contributed by atoms with Crippen molar-refractivity contribution in [2.24, 2.45) is 5.92 Å². The van der Waals surface area contributed by atoms with Crippen molar-refractivity contribution >= 4 is 0 Å². The van der Waals surface area contributed by atoms with Crippen LogP contribution in [-0.4, -0.2) is 24.0 Å². The summed E-state index contributed by atoms with van der Waals surface area (Å²) in [6.07, 6.45) is 7.44. The van der Waals surface area contributed by atoms with Crippen LogP contribution in [0.15, 0.2) is 25.3 Å². The largest absolute Gasteiger partial charge is 0.301 e. The monoisotopic (exact) mass is 209 g/mol. The Morgan fingerprint density at radius 2 is 1.53 bits per heavy atom. The van der Waals surface area contributed by atoms with Crippen LogP contribution < -0.4 is 0 Å². The molecule has 0 saturated carbocycles. The number of piperidine rings is 1. The van der Waals surface area contributed by atoms with Crippen molar-refractivity contribution < 1.29 is 0 Å². The maximum Gasteiger partial charge on any atom is 0.00693 e. The fourth-order valence-electron chi connectivity index (χ4n) is 2.16. The molecule has 15 heavy (non-hydrogen) atoms. The van der Waals surface area contributed by atoms with E-state index in [9.17, 15) is 0 Å². The maximum absolute atomic E-state index is 3.36. The Balaban J connectivity index is 0.000000423. The van der Waals surface area contributed by atoms with Crippen LogP contribution in [0.1, 0.15) is 40.0 Å². The Kier molecular flexibility index (Phi) is 7.41.